The molecule has 0 amide bonds. The van der Waals surface area contributed by atoms with Gasteiger partial charge in [0.15, 0.2) is 11.5 Å². The number of primary sulfonamides is 1. The maximum atomic E-state index is 11.6. The lowest BCUT2D eigenvalue weighted by atomic mass is 9.93. The number of anilines is 1. The number of hydrogen-bond donors (Lipinski definition) is 1. The minimum Gasteiger partial charge on any atom is -0.454 e. The Hall–Kier alpha value is -3.03. The number of nitrogens with zero attached hydrogens (tertiary/aromatic N) is 1. The van der Waals surface area contributed by atoms with Gasteiger partial charge in [-0.1, -0.05) is 24.3 Å². The Bertz CT molecular complexity index is 1190. The molecular formula is C22H22N2O4S. The van der Waals surface area contributed by atoms with Crippen molar-refractivity contribution in [2.24, 2.45) is 5.14 Å². The molecular weight excluding hydrogens is 388 g/mol. The average Bonchev–Trinajstić information content (AvgIpc) is 3.14. The molecule has 7 heteroatoms. The van der Waals surface area contributed by atoms with Crippen molar-refractivity contribution in [2.45, 2.75) is 11.8 Å². The predicted molar refractivity (Wildman–Crippen MR) is 114 cm³/mol. The number of fused-ring (bicyclic) bond motifs is 1. The third kappa shape index (κ3) is 3.66. The second kappa shape index (κ2) is 7.09. The Kier molecular flexibility index (Phi) is 4.72. The summed E-state index contributed by atoms with van der Waals surface area (Å²) in [4.78, 5) is 2.15. The lowest BCUT2D eigenvalue weighted by Crippen LogP contribution is -2.11. The highest BCUT2D eigenvalue weighted by molar-refractivity contribution is 7.89. The van der Waals surface area contributed by atoms with Gasteiger partial charge in [0.25, 0.3) is 0 Å². The summed E-state index contributed by atoms with van der Waals surface area (Å²) in [6.07, 6.45) is 0. The Morgan fingerprint density at radius 2 is 1.41 bits per heavy atom. The van der Waals surface area contributed by atoms with E-state index < -0.39 is 10.0 Å². The van der Waals surface area contributed by atoms with Crippen molar-refractivity contribution >= 4 is 15.7 Å². The van der Waals surface area contributed by atoms with Crippen LogP contribution in [0.1, 0.15) is 5.56 Å². The van der Waals surface area contributed by atoms with Gasteiger partial charge in [0.1, 0.15) is 0 Å². The van der Waals surface area contributed by atoms with Crippen molar-refractivity contribution in [1.82, 2.24) is 0 Å². The molecule has 1 heterocycles. The standard InChI is InChI=1S/C22H22N2O4S/c1-14-4-5-16(10-20(14)24(2)3)19-12-22-21(27-13-28-22)11-18(19)15-6-8-17(9-7-15)29(23,25)26/h4-12H,13H2,1-3H3,(H2,23,25,26). The predicted octanol–water partition coefficient (Wildman–Crippen LogP) is 3.77. The molecule has 4 rings (SSSR count). The van der Waals surface area contributed by atoms with E-state index in [1.54, 1.807) is 12.1 Å². The molecule has 150 valence electrons. The largest absolute Gasteiger partial charge is 0.454 e. The van der Waals surface area contributed by atoms with Gasteiger partial charge in [-0.15, -0.1) is 0 Å². The van der Waals surface area contributed by atoms with E-state index in [-0.39, 0.29) is 11.7 Å². The Morgan fingerprint density at radius 3 is 1.97 bits per heavy atom. The molecule has 0 saturated heterocycles. The van der Waals surface area contributed by atoms with Gasteiger partial charge in [0.05, 0.1) is 4.90 Å². The molecule has 0 aliphatic carbocycles. The Balaban J connectivity index is 1.90. The zero-order valence-electron chi connectivity index (χ0n) is 16.5. The molecule has 6 nitrogen and oxygen atoms in total. The van der Waals surface area contributed by atoms with Crippen LogP contribution in [0, 0.1) is 6.92 Å². The summed E-state index contributed by atoms with van der Waals surface area (Å²) in [7, 11) is 0.281. The molecule has 0 saturated carbocycles. The van der Waals surface area contributed by atoms with Crippen molar-refractivity contribution in [3.8, 4) is 33.8 Å². The van der Waals surface area contributed by atoms with Crippen LogP contribution in [0.3, 0.4) is 0 Å². The minimum atomic E-state index is -3.74. The maximum absolute atomic E-state index is 11.6. The van der Waals surface area contributed by atoms with E-state index in [2.05, 4.69) is 30.0 Å². The van der Waals surface area contributed by atoms with Crippen LogP contribution in [0.2, 0.25) is 0 Å². The molecule has 29 heavy (non-hydrogen) atoms. The highest BCUT2D eigenvalue weighted by Gasteiger charge is 2.20. The summed E-state index contributed by atoms with van der Waals surface area (Å²) in [5.74, 6) is 1.36. The van der Waals surface area contributed by atoms with Crippen LogP contribution >= 0.6 is 0 Å². The lowest BCUT2D eigenvalue weighted by molar-refractivity contribution is 0.174. The summed E-state index contributed by atoms with van der Waals surface area (Å²) in [6.45, 7) is 2.26. The van der Waals surface area contributed by atoms with E-state index in [1.165, 1.54) is 17.7 Å². The first kappa shape index (κ1) is 19.3. The van der Waals surface area contributed by atoms with Crippen LogP contribution in [0.4, 0.5) is 5.69 Å². The second-order valence-electron chi connectivity index (χ2n) is 7.22. The normalized spacial score (nSPS) is 12.8. The molecule has 3 aromatic carbocycles. The molecule has 1 aliphatic heterocycles. The summed E-state index contributed by atoms with van der Waals surface area (Å²) in [5.41, 5.74) is 6.08. The van der Waals surface area contributed by atoms with Gasteiger partial charge in [0, 0.05) is 19.8 Å². The zero-order chi connectivity index (χ0) is 20.8. The van der Waals surface area contributed by atoms with E-state index in [1.807, 2.05) is 26.2 Å². The van der Waals surface area contributed by atoms with Crippen LogP contribution in [0.25, 0.3) is 22.3 Å². The monoisotopic (exact) mass is 410 g/mol. The molecule has 0 bridgehead atoms. The van der Waals surface area contributed by atoms with Crippen molar-refractivity contribution in [1.29, 1.82) is 0 Å². The van der Waals surface area contributed by atoms with E-state index in [9.17, 15) is 8.42 Å². The van der Waals surface area contributed by atoms with Crippen LogP contribution in [-0.2, 0) is 10.0 Å². The van der Waals surface area contributed by atoms with Crippen LogP contribution in [0.15, 0.2) is 59.5 Å². The first-order chi connectivity index (χ1) is 13.7. The minimum absolute atomic E-state index is 0.0776. The Morgan fingerprint density at radius 1 is 0.862 bits per heavy atom. The second-order valence-corrected chi connectivity index (χ2v) is 8.78. The quantitative estimate of drug-likeness (QED) is 0.708. The Labute approximate surface area is 170 Å². The molecule has 0 aromatic heterocycles. The molecule has 2 N–H and O–H groups in total. The highest BCUT2D eigenvalue weighted by atomic mass is 32.2. The van der Waals surface area contributed by atoms with Crippen molar-refractivity contribution in [2.75, 3.05) is 25.8 Å². The fraction of sp³-hybridized carbons (Fsp3) is 0.182. The number of ether oxygens (including phenoxy) is 2. The molecule has 0 fully saturated rings. The average molecular weight is 410 g/mol. The summed E-state index contributed by atoms with van der Waals surface area (Å²) in [6, 6.07) is 16.7. The fourth-order valence-corrected chi connectivity index (χ4v) is 4.02. The molecule has 0 radical (unpaired) electrons. The van der Waals surface area contributed by atoms with E-state index in [0.29, 0.717) is 11.5 Å². The van der Waals surface area contributed by atoms with Gasteiger partial charge < -0.3 is 14.4 Å². The zero-order valence-corrected chi connectivity index (χ0v) is 17.3. The summed E-state index contributed by atoms with van der Waals surface area (Å²) in [5, 5.41) is 5.23. The van der Waals surface area contributed by atoms with Gasteiger partial charge >= 0.3 is 0 Å². The molecule has 3 aromatic rings. The smallest absolute Gasteiger partial charge is 0.238 e. The van der Waals surface area contributed by atoms with E-state index >= 15 is 0 Å². The van der Waals surface area contributed by atoms with Crippen molar-refractivity contribution in [3.05, 3.63) is 60.2 Å². The SMILES string of the molecule is Cc1ccc(-c2cc3c(cc2-c2ccc(S(N)(=O)=O)cc2)OCO3)cc1N(C)C. The maximum Gasteiger partial charge on any atom is 0.238 e. The van der Waals surface area contributed by atoms with Crippen LogP contribution < -0.4 is 19.5 Å². The van der Waals surface area contributed by atoms with E-state index in [0.717, 1.165) is 27.9 Å². The molecule has 1 aliphatic rings. The number of hydrogen-bond acceptors (Lipinski definition) is 5. The van der Waals surface area contributed by atoms with Crippen LogP contribution in [-0.4, -0.2) is 29.3 Å². The number of aryl methyl sites for hydroxylation is 1. The van der Waals surface area contributed by atoms with E-state index in [4.69, 9.17) is 14.6 Å². The van der Waals surface area contributed by atoms with Gasteiger partial charge in [0.2, 0.25) is 16.8 Å². The fourth-order valence-electron chi connectivity index (χ4n) is 3.50. The third-order valence-corrected chi connectivity index (χ3v) is 5.94. The van der Waals surface area contributed by atoms with Crippen LogP contribution in [0.5, 0.6) is 11.5 Å². The van der Waals surface area contributed by atoms with Crippen molar-refractivity contribution in [3.63, 3.8) is 0 Å². The number of benzene rings is 3. The van der Waals surface area contributed by atoms with Gasteiger partial charge in [-0.05, 0) is 65.1 Å². The summed E-state index contributed by atoms with van der Waals surface area (Å²) < 4.78 is 34.3. The first-order valence-electron chi connectivity index (χ1n) is 9.09. The topological polar surface area (TPSA) is 81.9 Å². The van der Waals surface area contributed by atoms with Crippen molar-refractivity contribution < 1.29 is 17.9 Å². The number of sulfonamides is 1. The number of rotatable bonds is 4. The molecule has 0 spiro atoms. The van der Waals surface area contributed by atoms with Gasteiger partial charge in [-0.2, -0.15) is 0 Å². The van der Waals surface area contributed by atoms with Gasteiger partial charge in [-0.3, -0.25) is 0 Å². The highest BCUT2D eigenvalue weighted by Crippen LogP contribution is 2.43. The van der Waals surface area contributed by atoms with Gasteiger partial charge in [-0.25, -0.2) is 13.6 Å². The first-order valence-corrected chi connectivity index (χ1v) is 10.6. The molecule has 0 unspecified atom stereocenters. The third-order valence-electron chi connectivity index (χ3n) is 5.01. The number of nitrogens with two attached hydrogens (primary N) is 1. The molecule has 0 atom stereocenters. The summed E-state index contributed by atoms with van der Waals surface area (Å²) >= 11 is 0. The lowest BCUT2D eigenvalue weighted by Gasteiger charge is -2.18.